The molecule has 216 valence electrons. The minimum absolute atomic E-state index is 0.0605. The second-order valence-corrected chi connectivity index (χ2v) is 9.73. The second-order valence-electron chi connectivity index (χ2n) is 9.29. The number of imidazole rings is 1. The fraction of sp³-hybridized carbons (Fsp3) is 0.167. The molecule has 7 nitrogen and oxygen atoms in total. The molecule has 0 atom stereocenters. The Kier molecular flexibility index (Phi) is 8.41. The zero-order chi connectivity index (χ0) is 30.0. The number of rotatable bonds is 10. The van der Waals surface area contributed by atoms with Gasteiger partial charge in [-0.15, -0.1) is 0 Å². The summed E-state index contributed by atoms with van der Waals surface area (Å²) in [5.41, 5.74) is -0.0474. The van der Waals surface area contributed by atoms with Crippen molar-refractivity contribution < 1.29 is 36.9 Å². The molecule has 0 amide bonds. The van der Waals surface area contributed by atoms with Crippen molar-refractivity contribution >= 4 is 28.6 Å². The lowest BCUT2D eigenvalue weighted by Crippen LogP contribution is -2.10. The van der Waals surface area contributed by atoms with Gasteiger partial charge in [-0.3, -0.25) is 0 Å². The van der Waals surface area contributed by atoms with Crippen LogP contribution in [0.3, 0.4) is 0 Å². The van der Waals surface area contributed by atoms with Crippen molar-refractivity contribution in [1.29, 1.82) is 0 Å². The van der Waals surface area contributed by atoms with Gasteiger partial charge < -0.3 is 19.1 Å². The fourth-order valence-corrected chi connectivity index (χ4v) is 4.60. The molecule has 5 rings (SSSR count). The van der Waals surface area contributed by atoms with Crippen LogP contribution in [0.2, 0.25) is 5.02 Å². The lowest BCUT2D eigenvalue weighted by molar-refractivity contribution is 0.0696. The monoisotopic (exact) mass is 599 g/mol. The molecule has 0 spiro atoms. The summed E-state index contributed by atoms with van der Waals surface area (Å²) < 4.78 is 71.7. The van der Waals surface area contributed by atoms with Gasteiger partial charge in [0.15, 0.2) is 5.82 Å². The third kappa shape index (κ3) is 6.07. The maximum absolute atomic E-state index is 15.3. The first-order valence-electron chi connectivity index (χ1n) is 12.6. The summed E-state index contributed by atoms with van der Waals surface area (Å²) in [6.45, 7) is 0.194. The standard InChI is InChI=1S/C30H22ClF4N3O4/c1-41-8-7-38-26-11-18(30(39)40)10-24(35)29(26)37-27(38)12-17-9-23(34)20(14-22(17)33)25-3-2-4-28(36-25)42-15-16-5-6-19(31)13-21(16)32/h2-6,9-11,13-14H,7-8,12,15H2,1H3,(H,39,40). The number of halogens is 5. The van der Waals surface area contributed by atoms with E-state index in [0.29, 0.717) is 0 Å². The predicted octanol–water partition coefficient (Wildman–Crippen LogP) is 6.82. The molecule has 2 heterocycles. The number of aromatic carboxylic acids is 1. The SMILES string of the molecule is COCCn1c(Cc2cc(F)c(-c3cccc(OCc4ccc(Cl)cc4F)n3)cc2F)nc2c(F)cc(C(=O)O)cc21. The number of hydrogen-bond donors (Lipinski definition) is 1. The first-order valence-corrected chi connectivity index (χ1v) is 13.0. The molecule has 0 saturated carbocycles. The first kappa shape index (κ1) is 29.0. The Morgan fingerprint density at radius 1 is 0.929 bits per heavy atom. The van der Waals surface area contributed by atoms with Crippen molar-refractivity contribution in [3.8, 4) is 17.1 Å². The molecular formula is C30H22ClF4N3O4. The molecule has 0 aliphatic rings. The van der Waals surface area contributed by atoms with Gasteiger partial charge in [-0.1, -0.05) is 23.7 Å². The Morgan fingerprint density at radius 3 is 2.45 bits per heavy atom. The number of carboxylic acid groups (broad SMARTS) is 1. The van der Waals surface area contributed by atoms with Crippen LogP contribution in [-0.2, 0) is 24.3 Å². The predicted molar refractivity (Wildman–Crippen MR) is 147 cm³/mol. The Balaban J connectivity index is 1.43. The van der Waals surface area contributed by atoms with Crippen LogP contribution >= 0.6 is 11.6 Å². The Morgan fingerprint density at radius 2 is 1.71 bits per heavy atom. The average Bonchev–Trinajstić information content (AvgIpc) is 3.30. The molecule has 0 unspecified atom stereocenters. The van der Waals surface area contributed by atoms with Crippen LogP contribution in [0, 0.1) is 23.3 Å². The zero-order valence-corrected chi connectivity index (χ0v) is 22.8. The Labute approximate surface area is 241 Å². The van der Waals surface area contributed by atoms with Crippen LogP contribution in [-0.4, -0.2) is 39.3 Å². The second kappa shape index (κ2) is 12.2. The van der Waals surface area contributed by atoms with Gasteiger partial charge in [0.2, 0.25) is 5.88 Å². The Bertz CT molecular complexity index is 1810. The normalized spacial score (nSPS) is 11.3. The minimum atomic E-state index is -1.32. The van der Waals surface area contributed by atoms with Crippen molar-refractivity contribution in [3.05, 3.63) is 111 Å². The molecule has 0 radical (unpaired) electrons. The molecule has 2 aromatic heterocycles. The van der Waals surface area contributed by atoms with E-state index < -0.39 is 29.2 Å². The van der Waals surface area contributed by atoms with Crippen molar-refractivity contribution in [2.24, 2.45) is 0 Å². The van der Waals surface area contributed by atoms with Crippen LogP contribution < -0.4 is 4.74 Å². The van der Waals surface area contributed by atoms with Gasteiger partial charge in [-0.2, -0.15) is 0 Å². The van der Waals surface area contributed by atoms with E-state index in [-0.39, 0.29) is 81.9 Å². The molecule has 1 N–H and O–H groups in total. The summed E-state index contributed by atoms with van der Waals surface area (Å²) in [6.07, 6.45) is -0.216. The van der Waals surface area contributed by atoms with Crippen LogP contribution in [0.25, 0.3) is 22.3 Å². The number of aromatic nitrogens is 3. The molecule has 42 heavy (non-hydrogen) atoms. The summed E-state index contributed by atoms with van der Waals surface area (Å²) in [5.74, 6) is -4.00. The van der Waals surface area contributed by atoms with Gasteiger partial charge in [-0.05, 0) is 48.0 Å². The van der Waals surface area contributed by atoms with Crippen molar-refractivity contribution in [1.82, 2.24) is 14.5 Å². The first-order chi connectivity index (χ1) is 20.1. The van der Waals surface area contributed by atoms with Gasteiger partial charge in [-0.25, -0.2) is 32.3 Å². The molecule has 0 saturated heterocycles. The summed E-state index contributed by atoms with van der Waals surface area (Å²) >= 11 is 5.77. The number of pyridine rings is 1. The maximum Gasteiger partial charge on any atom is 0.335 e. The summed E-state index contributed by atoms with van der Waals surface area (Å²) in [7, 11) is 1.46. The number of carboxylic acids is 1. The average molecular weight is 600 g/mol. The molecular weight excluding hydrogens is 578 g/mol. The van der Waals surface area contributed by atoms with Gasteiger partial charge >= 0.3 is 5.97 Å². The van der Waals surface area contributed by atoms with E-state index in [9.17, 15) is 18.7 Å². The number of methoxy groups -OCH3 is 1. The largest absolute Gasteiger partial charge is 0.478 e. The quantitative estimate of drug-likeness (QED) is 0.177. The minimum Gasteiger partial charge on any atom is -0.478 e. The van der Waals surface area contributed by atoms with Crippen LogP contribution in [0.15, 0.2) is 60.7 Å². The van der Waals surface area contributed by atoms with Crippen molar-refractivity contribution in [2.75, 3.05) is 13.7 Å². The summed E-state index contributed by atoms with van der Waals surface area (Å²) in [5, 5.41) is 9.58. The summed E-state index contributed by atoms with van der Waals surface area (Å²) in [4.78, 5) is 20.0. The van der Waals surface area contributed by atoms with E-state index in [2.05, 4.69) is 9.97 Å². The highest BCUT2D eigenvalue weighted by Gasteiger charge is 2.20. The molecule has 0 aliphatic carbocycles. The van der Waals surface area contributed by atoms with Gasteiger partial charge in [0.05, 0.1) is 23.4 Å². The van der Waals surface area contributed by atoms with E-state index in [1.165, 1.54) is 42.0 Å². The van der Waals surface area contributed by atoms with E-state index in [1.807, 2.05) is 0 Å². The van der Waals surface area contributed by atoms with Crippen molar-refractivity contribution in [2.45, 2.75) is 19.6 Å². The van der Waals surface area contributed by atoms with Gasteiger partial charge in [0, 0.05) is 42.3 Å². The highest BCUT2D eigenvalue weighted by molar-refractivity contribution is 6.30. The van der Waals surface area contributed by atoms with Gasteiger partial charge in [0.1, 0.15) is 35.4 Å². The fourth-order valence-electron chi connectivity index (χ4n) is 4.45. The number of carbonyl (C=O) groups is 1. The Hall–Kier alpha value is -4.48. The molecule has 0 fully saturated rings. The van der Waals surface area contributed by atoms with E-state index in [4.69, 9.17) is 21.1 Å². The van der Waals surface area contributed by atoms with Crippen LogP contribution in [0.4, 0.5) is 17.6 Å². The third-order valence-corrected chi connectivity index (χ3v) is 6.76. The van der Waals surface area contributed by atoms with Crippen molar-refractivity contribution in [3.63, 3.8) is 0 Å². The molecule has 0 bridgehead atoms. The molecule has 5 aromatic rings. The number of ether oxygens (including phenoxy) is 2. The lowest BCUT2D eigenvalue weighted by Gasteiger charge is -2.12. The van der Waals surface area contributed by atoms with E-state index in [1.54, 1.807) is 6.07 Å². The zero-order valence-electron chi connectivity index (χ0n) is 22.0. The maximum atomic E-state index is 15.3. The van der Waals surface area contributed by atoms with E-state index in [0.717, 1.165) is 24.3 Å². The molecule has 12 heteroatoms. The number of fused-ring (bicyclic) bond motifs is 1. The summed E-state index contributed by atoms with van der Waals surface area (Å²) in [6, 6.07) is 12.8. The van der Waals surface area contributed by atoms with Crippen LogP contribution in [0.5, 0.6) is 5.88 Å². The molecule has 3 aromatic carbocycles. The highest BCUT2D eigenvalue weighted by atomic mass is 35.5. The van der Waals surface area contributed by atoms with Gasteiger partial charge in [0.25, 0.3) is 0 Å². The topological polar surface area (TPSA) is 86.5 Å². The molecule has 0 aliphatic heterocycles. The van der Waals surface area contributed by atoms with Crippen LogP contribution in [0.1, 0.15) is 27.3 Å². The number of hydrogen-bond acceptors (Lipinski definition) is 5. The third-order valence-electron chi connectivity index (χ3n) is 6.53. The lowest BCUT2D eigenvalue weighted by atomic mass is 10.0. The smallest absolute Gasteiger partial charge is 0.335 e. The number of nitrogens with zero attached hydrogens (tertiary/aromatic N) is 3. The highest BCUT2D eigenvalue weighted by Crippen LogP contribution is 2.29. The number of benzene rings is 3. The van der Waals surface area contributed by atoms with E-state index >= 15 is 8.78 Å².